The third kappa shape index (κ3) is 4.48. The molecule has 2 unspecified atom stereocenters. The maximum atomic E-state index is 13.0. The van der Waals surface area contributed by atoms with Crippen LogP contribution in [0, 0.1) is 5.82 Å². The Morgan fingerprint density at radius 1 is 1.16 bits per heavy atom. The Bertz CT molecular complexity index is 636. The summed E-state index contributed by atoms with van der Waals surface area (Å²) < 4.78 is 13.0. The molecule has 5 heteroatoms. The van der Waals surface area contributed by atoms with Crippen molar-refractivity contribution in [1.29, 1.82) is 0 Å². The molecular weight excluding hydrogens is 319 g/mol. The lowest BCUT2D eigenvalue weighted by atomic mass is 9.90. The number of nitrogens with zero attached hydrogens (tertiary/aromatic N) is 2. The molecule has 1 aromatic rings. The Morgan fingerprint density at radius 2 is 1.84 bits per heavy atom. The van der Waals surface area contributed by atoms with Crippen LogP contribution in [0.25, 0.3) is 0 Å². The van der Waals surface area contributed by atoms with Crippen LogP contribution in [0.2, 0.25) is 0 Å². The van der Waals surface area contributed by atoms with Crippen molar-refractivity contribution < 1.29 is 14.6 Å². The molecule has 0 radical (unpaired) electrons. The van der Waals surface area contributed by atoms with Crippen LogP contribution < -0.4 is 0 Å². The first kappa shape index (κ1) is 18.1. The van der Waals surface area contributed by atoms with Crippen LogP contribution in [-0.4, -0.2) is 58.3 Å². The Balaban J connectivity index is 1.45. The Kier molecular flexibility index (Phi) is 5.57. The van der Waals surface area contributed by atoms with Gasteiger partial charge in [-0.25, -0.2) is 4.39 Å². The van der Waals surface area contributed by atoms with Crippen LogP contribution in [0.15, 0.2) is 48.3 Å². The van der Waals surface area contributed by atoms with E-state index >= 15 is 0 Å². The topological polar surface area (TPSA) is 46.9 Å². The molecule has 0 aromatic heterocycles. The summed E-state index contributed by atoms with van der Waals surface area (Å²) in [7, 11) is 0. The number of hydrogen-bond acceptors (Lipinski definition) is 4. The SMILES string of the molecule is CC1(N2CCN(CCC(O)c3ccc(F)cc3)CC2)C=CC(O)=CC1. The second-order valence-corrected chi connectivity index (χ2v) is 7.21. The number of hydrogen-bond donors (Lipinski definition) is 2. The van der Waals surface area contributed by atoms with E-state index in [1.807, 2.05) is 6.08 Å². The predicted octanol–water partition coefficient (Wildman–Crippen LogP) is 3.03. The van der Waals surface area contributed by atoms with Gasteiger partial charge in [-0.05, 0) is 49.6 Å². The zero-order valence-corrected chi connectivity index (χ0v) is 14.7. The largest absolute Gasteiger partial charge is 0.508 e. The summed E-state index contributed by atoms with van der Waals surface area (Å²) >= 11 is 0. The van der Waals surface area contributed by atoms with Crippen LogP contribution in [0.1, 0.15) is 31.4 Å². The molecule has 2 N–H and O–H groups in total. The fourth-order valence-electron chi connectivity index (χ4n) is 3.59. The first-order chi connectivity index (χ1) is 12.0. The van der Waals surface area contributed by atoms with Gasteiger partial charge in [0.1, 0.15) is 11.6 Å². The first-order valence-corrected chi connectivity index (χ1v) is 8.95. The van der Waals surface area contributed by atoms with E-state index in [9.17, 15) is 14.6 Å². The van der Waals surface area contributed by atoms with Crippen molar-refractivity contribution in [3.8, 4) is 0 Å². The average molecular weight is 346 g/mol. The second kappa shape index (κ2) is 7.68. The molecule has 0 bridgehead atoms. The lowest BCUT2D eigenvalue weighted by molar-refractivity contribution is 0.0577. The highest BCUT2D eigenvalue weighted by Gasteiger charge is 2.32. The number of halogens is 1. The highest BCUT2D eigenvalue weighted by Crippen LogP contribution is 2.28. The number of benzene rings is 1. The molecule has 25 heavy (non-hydrogen) atoms. The minimum absolute atomic E-state index is 0.0219. The van der Waals surface area contributed by atoms with Crippen molar-refractivity contribution in [3.63, 3.8) is 0 Å². The lowest BCUT2D eigenvalue weighted by Crippen LogP contribution is -2.55. The average Bonchev–Trinajstić information content (AvgIpc) is 2.63. The maximum Gasteiger partial charge on any atom is 0.123 e. The fraction of sp³-hybridized carbons (Fsp3) is 0.500. The molecular formula is C20H27FN2O2. The van der Waals surface area contributed by atoms with Crippen molar-refractivity contribution in [1.82, 2.24) is 9.80 Å². The minimum Gasteiger partial charge on any atom is -0.508 e. The van der Waals surface area contributed by atoms with Gasteiger partial charge in [-0.15, -0.1) is 0 Å². The van der Waals surface area contributed by atoms with Gasteiger partial charge in [-0.1, -0.05) is 18.2 Å². The van der Waals surface area contributed by atoms with Gasteiger partial charge in [-0.2, -0.15) is 0 Å². The van der Waals surface area contributed by atoms with Crippen LogP contribution >= 0.6 is 0 Å². The van der Waals surface area contributed by atoms with E-state index in [1.54, 1.807) is 18.2 Å². The summed E-state index contributed by atoms with van der Waals surface area (Å²) in [6, 6.07) is 6.08. The van der Waals surface area contributed by atoms with Gasteiger partial charge in [-0.3, -0.25) is 4.90 Å². The molecule has 1 aromatic carbocycles. The minimum atomic E-state index is -0.550. The molecule has 4 nitrogen and oxygen atoms in total. The molecule has 0 amide bonds. The van der Waals surface area contributed by atoms with Crippen LogP contribution in [0.5, 0.6) is 0 Å². The van der Waals surface area contributed by atoms with Gasteiger partial charge in [0.15, 0.2) is 0 Å². The smallest absolute Gasteiger partial charge is 0.123 e. The van der Waals surface area contributed by atoms with Crippen molar-refractivity contribution in [2.45, 2.75) is 31.4 Å². The predicted molar refractivity (Wildman–Crippen MR) is 96.9 cm³/mol. The van der Waals surface area contributed by atoms with E-state index in [1.165, 1.54) is 12.1 Å². The molecule has 1 saturated heterocycles. The molecule has 0 spiro atoms. The van der Waals surface area contributed by atoms with Gasteiger partial charge >= 0.3 is 0 Å². The molecule has 2 atom stereocenters. The summed E-state index contributed by atoms with van der Waals surface area (Å²) in [5.74, 6) is 0.0754. The van der Waals surface area contributed by atoms with E-state index in [-0.39, 0.29) is 11.4 Å². The molecule has 1 fully saturated rings. The summed E-state index contributed by atoms with van der Waals surface area (Å²) in [4.78, 5) is 4.83. The van der Waals surface area contributed by atoms with Crippen LogP contribution in [-0.2, 0) is 0 Å². The Morgan fingerprint density at radius 3 is 2.44 bits per heavy atom. The van der Waals surface area contributed by atoms with E-state index in [0.717, 1.165) is 44.7 Å². The quantitative estimate of drug-likeness (QED) is 0.860. The molecule has 3 rings (SSSR count). The number of aliphatic hydroxyl groups excluding tert-OH is 2. The fourth-order valence-corrected chi connectivity index (χ4v) is 3.59. The van der Waals surface area contributed by atoms with Crippen molar-refractivity contribution >= 4 is 0 Å². The van der Waals surface area contributed by atoms with Crippen molar-refractivity contribution in [2.24, 2.45) is 0 Å². The van der Waals surface area contributed by atoms with E-state index in [2.05, 4.69) is 22.8 Å². The number of rotatable bonds is 5. The van der Waals surface area contributed by atoms with Crippen LogP contribution in [0.4, 0.5) is 4.39 Å². The van der Waals surface area contributed by atoms with E-state index < -0.39 is 6.10 Å². The van der Waals surface area contributed by atoms with Crippen LogP contribution in [0.3, 0.4) is 0 Å². The third-order valence-corrected chi connectivity index (χ3v) is 5.41. The Hall–Kier alpha value is -1.69. The van der Waals surface area contributed by atoms with Gasteiger partial charge in [0.25, 0.3) is 0 Å². The van der Waals surface area contributed by atoms with E-state index in [0.29, 0.717) is 12.2 Å². The number of allylic oxidation sites excluding steroid dienone is 1. The summed E-state index contributed by atoms with van der Waals surface area (Å²) in [5, 5.41) is 19.8. The monoisotopic (exact) mass is 346 g/mol. The van der Waals surface area contributed by atoms with Gasteiger partial charge in [0, 0.05) is 38.3 Å². The second-order valence-electron chi connectivity index (χ2n) is 7.21. The van der Waals surface area contributed by atoms with Crippen molar-refractivity contribution in [2.75, 3.05) is 32.7 Å². The van der Waals surface area contributed by atoms with Gasteiger partial charge in [0.2, 0.25) is 0 Å². The highest BCUT2D eigenvalue weighted by atomic mass is 19.1. The molecule has 136 valence electrons. The summed E-state index contributed by atoms with van der Waals surface area (Å²) in [6.07, 6.45) is 6.69. The van der Waals surface area contributed by atoms with Crippen molar-refractivity contribution in [3.05, 3.63) is 59.6 Å². The molecule has 0 saturated carbocycles. The number of aliphatic hydroxyl groups is 2. The lowest BCUT2D eigenvalue weighted by Gasteiger charge is -2.45. The zero-order chi connectivity index (χ0) is 17.9. The molecule has 1 aliphatic carbocycles. The normalized spacial score (nSPS) is 26.4. The maximum absolute atomic E-state index is 13.0. The summed E-state index contributed by atoms with van der Waals surface area (Å²) in [6.45, 7) is 6.93. The van der Waals surface area contributed by atoms with Gasteiger partial charge in [0.05, 0.1) is 6.10 Å². The number of piperazine rings is 1. The Labute approximate surface area is 148 Å². The van der Waals surface area contributed by atoms with E-state index in [4.69, 9.17) is 0 Å². The molecule has 1 heterocycles. The summed E-state index contributed by atoms with van der Waals surface area (Å²) in [5.41, 5.74) is 0.748. The van der Waals surface area contributed by atoms with Gasteiger partial charge < -0.3 is 15.1 Å². The third-order valence-electron chi connectivity index (χ3n) is 5.41. The standard InChI is InChI=1S/C20H27FN2O2/c1-20(9-6-18(24)7-10-20)23-14-12-22(13-15-23)11-8-19(25)16-2-4-17(21)5-3-16/h2-7,9,19,24-25H,8,10-15H2,1H3. The zero-order valence-electron chi connectivity index (χ0n) is 14.7. The first-order valence-electron chi connectivity index (χ1n) is 8.95. The highest BCUT2D eigenvalue weighted by molar-refractivity contribution is 5.24. The molecule has 1 aliphatic heterocycles. The molecule has 2 aliphatic rings.